The highest BCUT2D eigenvalue weighted by Crippen LogP contribution is 2.24. The number of hydrogen-bond donors (Lipinski definition) is 1. The minimum absolute atomic E-state index is 0.172. The maximum Gasteiger partial charge on any atom is 0.127 e. The van der Waals surface area contributed by atoms with Gasteiger partial charge in [-0.05, 0) is 44.2 Å². The summed E-state index contributed by atoms with van der Waals surface area (Å²) < 4.78 is 27.7. The van der Waals surface area contributed by atoms with Gasteiger partial charge >= 0.3 is 0 Å². The van der Waals surface area contributed by atoms with Crippen LogP contribution in [0.3, 0.4) is 0 Å². The van der Waals surface area contributed by atoms with Gasteiger partial charge in [0.25, 0.3) is 0 Å². The molecule has 0 bridgehead atoms. The molecule has 0 spiro atoms. The summed E-state index contributed by atoms with van der Waals surface area (Å²) in [6.45, 7) is 0. The second-order valence-corrected chi connectivity index (χ2v) is 5.61. The van der Waals surface area contributed by atoms with E-state index in [9.17, 15) is 8.78 Å². The van der Waals surface area contributed by atoms with E-state index in [1.165, 1.54) is 12.1 Å². The highest BCUT2D eigenvalue weighted by atomic mass is 35.5. The van der Waals surface area contributed by atoms with E-state index in [0.29, 0.717) is 34.0 Å². The van der Waals surface area contributed by atoms with Crippen molar-refractivity contribution in [3.63, 3.8) is 0 Å². The Morgan fingerprint density at radius 1 is 0.905 bits per heavy atom. The Morgan fingerprint density at radius 3 is 1.67 bits per heavy atom. The molecule has 0 unspecified atom stereocenters. The normalized spacial score (nSPS) is 11.1. The summed E-state index contributed by atoms with van der Waals surface area (Å²) in [5.74, 6) is -0.718. The summed E-state index contributed by atoms with van der Waals surface area (Å²) in [5.41, 5.74) is 0.844. The largest absolute Gasteiger partial charge is 0.316 e. The quantitative estimate of drug-likeness (QED) is 0.842. The van der Waals surface area contributed by atoms with Crippen LogP contribution in [0.1, 0.15) is 11.1 Å². The summed E-state index contributed by atoms with van der Waals surface area (Å²) in [6.07, 6.45) is 0.708. The van der Waals surface area contributed by atoms with E-state index in [1.54, 1.807) is 31.3 Å². The average Bonchev–Trinajstić information content (AvgIpc) is 2.45. The zero-order valence-corrected chi connectivity index (χ0v) is 13.0. The van der Waals surface area contributed by atoms with Crippen LogP contribution in [0, 0.1) is 11.6 Å². The maximum absolute atomic E-state index is 13.8. The first-order valence-electron chi connectivity index (χ1n) is 6.56. The minimum atomic E-state index is -0.359. The smallest absolute Gasteiger partial charge is 0.127 e. The van der Waals surface area contributed by atoms with Crippen molar-refractivity contribution in [3.05, 3.63) is 69.2 Å². The van der Waals surface area contributed by atoms with Crippen LogP contribution in [-0.2, 0) is 12.8 Å². The minimum Gasteiger partial charge on any atom is -0.316 e. The first-order valence-corrected chi connectivity index (χ1v) is 7.31. The lowest BCUT2D eigenvalue weighted by molar-refractivity contribution is 0.517. The van der Waals surface area contributed by atoms with Gasteiger partial charge in [-0.15, -0.1) is 0 Å². The number of hydrogen-bond acceptors (Lipinski definition) is 1. The molecule has 2 rings (SSSR count). The first kappa shape index (κ1) is 16.2. The van der Waals surface area contributed by atoms with Crippen molar-refractivity contribution in [2.75, 3.05) is 7.05 Å². The Balaban J connectivity index is 2.21. The third-order valence-corrected chi connectivity index (χ3v) is 4.14. The van der Waals surface area contributed by atoms with Crippen LogP contribution in [0.25, 0.3) is 0 Å². The molecular formula is C16H15Cl2F2N. The fourth-order valence-electron chi connectivity index (χ4n) is 2.22. The molecule has 1 nitrogen and oxygen atoms in total. The summed E-state index contributed by atoms with van der Waals surface area (Å²) in [4.78, 5) is 0. The molecule has 0 fully saturated rings. The van der Waals surface area contributed by atoms with Gasteiger partial charge < -0.3 is 5.32 Å². The summed E-state index contributed by atoms with van der Waals surface area (Å²) in [5, 5.41) is 3.80. The van der Waals surface area contributed by atoms with E-state index in [4.69, 9.17) is 23.2 Å². The molecule has 0 radical (unpaired) electrons. The lowest BCUT2D eigenvalue weighted by Crippen LogP contribution is -2.30. The van der Waals surface area contributed by atoms with E-state index >= 15 is 0 Å². The third-order valence-electron chi connectivity index (χ3n) is 3.43. The second kappa shape index (κ2) is 7.21. The van der Waals surface area contributed by atoms with Crippen molar-refractivity contribution in [1.82, 2.24) is 5.32 Å². The van der Waals surface area contributed by atoms with Gasteiger partial charge in [-0.3, -0.25) is 0 Å². The Hall–Kier alpha value is -1.16. The summed E-state index contributed by atoms with van der Waals surface area (Å²) >= 11 is 12.1. The summed E-state index contributed by atoms with van der Waals surface area (Å²) in [6, 6.07) is 8.96. The number of nitrogens with one attached hydrogen (secondary N) is 1. The Morgan fingerprint density at radius 2 is 1.33 bits per heavy atom. The number of rotatable bonds is 5. The molecule has 5 heteroatoms. The lowest BCUT2D eigenvalue weighted by atomic mass is 9.98. The molecule has 2 aromatic carbocycles. The predicted molar refractivity (Wildman–Crippen MR) is 83.1 cm³/mol. The van der Waals surface area contributed by atoms with Gasteiger partial charge in [0.1, 0.15) is 11.6 Å². The topological polar surface area (TPSA) is 12.0 Å². The molecule has 112 valence electrons. The molecule has 0 saturated heterocycles. The number of benzene rings is 2. The molecule has 0 aliphatic carbocycles. The number of likely N-dealkylation sites (N-methyl/N-ethyl adjacent to an activating group) is 1. The highest BCUT2D eigenvalue weighted by molar-refractivity contribution is 6.31. The average molecular weight is 330 g/mol. The standard InChI is InChI=1S/C16H15Cl2F2N/c1-21-10(8-11-13(17)4-2-6-15(11)19)9-12-14(18)5-3-7-16(12)20/h2-7,10,21H,8-9H2,1H3. The Bertz CT molecular complexity index is 538. The van der Waals surface area contributed by atoms with Crippen molar-refractivity contribution in [2.24, 2.45) is 0 Å². The summed E-state index contributed by atoms with van der Waals surface area (Å²) in [7, 11) is 1.74. The molecule has 0 aliphatic heterocycles. The van der Waals surface area contributed by atoms with E-state index in [2.05, 4.69) is 5.32 Å². The van der Waals surface area contributed by atoms with Crippen LogP contribution in [-0.4, -0.2) is 13.1 Å². The van der Waals surface area contributed by atoms with E-state index in [-0.39, 0.29) is 17.7 Å². The molecule has 1 N–H and O–H groups in total. The molecule has 0 aromatic heterocycles. The Labute approximate surface area is 132 Å². The van der Waals surface area contributed by atoms with Crippen molar-refractivity contribution < 1.29 is 8.78 Å². The molecule has 2 aromatic rings. The molecular weight excluding hydrogens is 315 g/mol. The van der Waals surface area contributed by atoms with Gasteiger partial charge in [-0.2, -0.15) is 0 Å². The van der Waals surface area contributed by atoms with Crippen LogP contribution in [0.15, 0.2) is 36.4 Å². The van der Waals surface area contributed by atoms with Crippen LogP contribution in [0.2, 0.25) is 10.0 Å². The zero-order chi connectivity index (χ0) is 15.4. The predicted octanol–water partition coefficient (Wildman–Crippen LogP) is 4.64. The van der Waals surface area contributed by atoms with Gasteiger partial charge in [0, 0.05) is 27.2 Å². The third kappa shape index (κ3) is 3.94. The van der Waals surface area contributed by atoms with Crippen LogP contribution >= 0.6 is 23.2 Å². The molecule has 21 heavy (non-hydrogen) atoms. The van der Waals surface area contributed by atoms with Gasteiger partial charge in [-0.25, -0.2) is 8.78 Å². The maximum atomic E-state index is 13.8. The van der Waals surface area contributed by atoms with Crippen LogP contribution in [0.4, 0.5) is 8.78 Å². The van der Waals surface area contributed by atoms with E-state index in [1.807, 2.05) is 0 Å². The first-order chi connectivity index (χ1) is 10.0. The van der Waals surface area contributed by atoms with E-state index in [0.717, 1.165) is 0 Å². The van der Waals surface area contributed by atoms with Crippen molar-refractivity contribution in [1.29, 1.82) is 0 Å². The molecule has 0 atom stereocenters. The van der Waals surface area contributed by atoms with Gasteiger partial charge in [0.2, 0.25) is 0 Å². The SMILES string of the molecule is CNC(Cc1c(F)cccc1Cl)Cc1c(F)cccc1Cl. The van der Waals surface area contributed by atoms with Crippen LogP contribution < -0.4 is 5.32 Å². The van der Waals surface area contributed by atoms with E-state index < -0.39 is 0 Å². The zero-order valence-electron chi connectivity index (χ0n) is 11.5. The molecule has 0 heterocycles. The monoisotopic (exact) mass is 329 g/mol. The fourth-order valence-corrected chi connectivity index (χ4v) is 2.70. The number of halogens is 4. The Kier molecular flexibility index (Phi) is 5.57. The van der Waals surface area contributed by atoms with Crippen molar-refractivity contribution >= 4 is 23.2 Å². The molecule has 0 amide bonds. The molecule has 0 saturated carbocycles. The van der Waals surface area contributed by atoms with Crippen molar-refractivity contribution in [2.45, 2.75) is 18.9 Å². The van der Waals surface area contributed by atoms with Crippen molar-refractivity contribution in [3.8, 4) is 0 Å². The fraction of sp³-hybridized carbons (Fsp3) is 0.250. The molecule has 0 aliphatic rings. The van der Waals surface area contributed by atoms with Gasteiger partial charge in [0.05, 0.1) is 0 Å². The van der Waals surface area contributed by atoms with Gasteiger partial charge in [-0.1, -0.05) is 35.3 Å². The highest BCUT2D eigenvalue weighted by Gasteiger charge is 2.17. The van der Waals surface area contributed by atoms with Gasteiger partial charge in [0.15, 0.2) is 0 Å². The lowest BCUT2D eigenvalue weighted by Gasteiger charge is -2.18. The second-order valence-electron chi connectivity index (χ2n) is 4.79. The van der Waals surface area contributed by atoms with Crippen LogP contribution in [0.5, 0.6) is 0 Å².